The Morgan fingerprint density at radius 2 is 1.81 bits per heavy atom. The third-order valence-corrected chi connectivity index (χ3v) is 10.1. The summed E-state index contributed by atoms with van der Waals surface area (Å²) in [5.41, 5.74) is 8.32. The second-order valence-electron chi connectivity index (χ2n) is 11.4. The smallest absolute Gasteiger partial charge is 0.132 e. The van der Waals surface area contributed by atoms with E-state index in [0.29, 0.717) is 6.04 Å². The van der Waals surface area contributed by atoms with E-state index in [4.69, 9.17) is 4.98 Å². The summed E-state index contributed by atoms with van der Waals surface area (Å²) in [4.78, 5) is 12.6. The third-order valence-electron chi connectivity index (χ3n) is 8.78. The summed E-state index contributed by atoms with van der Waals surface area (Å²) < 4.78 is 7.95. The fourth-order valence-corrected chi connectivity index (χ4v) is 7.04. The van der Waals surface area contributed by atoms with Gasteiger partial charge in [0.15, 0.2) is 0 Å². The lowest BCUT2D eigenvalue weighted by molar-refractivity contribution is 0.275. The number of rotatable bonds is 6. The normalized spacial score (nSPS) is 20.7. The van der Waals surface area contributed by atoms with Gasteiger partial charge >= 0.3 is 0 Å². The molecule has 0 amide bonds. The Morgan fingerprint density at radius 3 is 2.54 bits per heavy atom. The van der Waals surface area contributed by atoms with E-state index in [2.05, 4.69) is 87.3 Å². The van der Waals surface area contributed by atoms with Gasteiger partial charge in [-0.3, -0.25) is 0 Å². The molecule has 6 rings (SSSR count). The molecule has 2 aliphatic heterocycles. The molecule has 1 aliphatic carbocycles. The minimum Gasteiger partial charge on any atom is -0.369 e. The van der Waals surface area contributed by atoms with Crippen molar-refractivity contribution in [3.8, 4) is 11.1 Å². The number of nitrogens with zero attached hydrogens (tertiary/aromatic N) is 5. The van der Waals surface area contributed by atoms with Crippen molar-refractivity contribution in [1.82, 2.24) is 14.5 Å². The number of aryl methyl sites for hydroxylation is 1. The fraction of sp³-hybridized carbons (Fsp3) is 0.484. The van der Waals surface area contributed by atoms with Crippen molar-refractivity contribution < 1.29 is 0 Å². The van der Waals surface area contributed by atoms with Gasteiger partial charge in [0.2, 0.25) is 0 Å². The predicted octanol–water partition coefficient (Wildman–Crippen LogP) is 5.93. The summed E-state index contributed by atoms with van der Waals surface area (Å²) >= 11 is -0.315. The first-order valence-electron chi connectivity index (χ1n) is 13.9. The van der Waals surface area contributed by atoms with E-state index in [0.717, 1.165) is 50.9 Å². The van der Waals surface area contributed by atoms with Crippen LogP contribution in [0.3, 0.4) is 0 Å². The Hall–Kier alpha value is -2.19. The molecular weight excluding hydrogens is 569 g/mol. The quantitative estimate of drug-likeness (QED) is 0.256. The van der Waals surface area contributed by atoms with Crippen molar-refractivity contribution in [2.24, 2.45) is 5.92 Å². The van der Waals surface area contributed by atoms with Gasteiger partial charge in [-0.05, 0) is 86.5 Å². The van der Waals surface area contributed by atoms with E-state index in [9.17, 15) is 0 Å². The highest BCUT2D eigenvalue weighted by Crippen LogP contribution is 2.35. The first-order valence-corrected chi connectivity index (χ1v) is 16.5. The summed E-state index contributed by atoms with van der Waals surface area (Å²) in [5.74, 6) is 2.00. The lowest BCUT2D eigenvalue weighted by Crippen LogP contribution is -2.44. The topological polar surface area (TPSA) is 27.5 Å². The van der Waals surface area contributed by atoms with Crippen molar-refractivity contribution >= 4 is 36.8 Å². The van der Waals surface area contributed by atoms with Crippen LogP contribution in [0.5, 0.6) is 0 Å². The van der Waals surface area contributed by atoms with Gasteiger partial charge in [0, 0.05) is 69.0 Å². The largest absolute Gasteiger partial charge is 0.369 e. The van der Waals surface area contributed by atoms with Crippen LogP contribution in [0.25, 0.3) is 11.1 Å². The molecular formula is C31H40IN5. The number of piperazine rings is 1. The monoisotopic (exact) mass is 609 g/mol. The fourth-order valence-electron chi connectivity index (χ4n) is 6.08. The summed E-state index contributed by atoms with van der Waals surface area (Å²) in [5, 5.41) is 0. The number of halogens is 1. The van der Waals surface area contributed by atoms with Crippen LogP contribution in [0.15, 0.2) is 42.6 Å². The van der Waals surface area contributed by atoms with Crippen molar-refractivity contribution in [3.63, 3.8) is 0 Å². The molecule has 196 valence electrons. The molecule has 0 spiro atoms. The average molecular weight is 610 g/mol. The number of fused-ring (bicyclic) bond motifs is 1. The SMILES string of the molecule is C=Ic1cc(N2CCN(C)CC2)cc(N2Cc3cc(-c4cc(C)n(CC5CCC5)c4)ccc3CC2C)n1. The Balaban J connectivity index is 1.27. The van der Waals surface area contributed by atoms with Gasteiger partial charge in [-0.25, -0.2) is 4.98 Å². The average Bonchev–Trinajstić information content (AvgIpc) is 3.25. The van der Waals surface area contributed by atoms with Gasteiger partial charge in [0.1, 0.15) is 5.82 Å². The molecule has 5 nitrogen and oxygen atoms in total. The standard InChI is InChI=1S/C31H40IN5/c1-22-14-27(20-36(22)19-24-6-5-7-24)26-9-8-25-15-23(2)37(21-28(25)16-26)31-18-29(17-30(32-3)33-31)35-12-10-34(4)11-13-35/h8-9,14,16-18,20,23-24H,3,5-7,10-13,15,19,21H2,1-2,4H3. The highest BCUT2D eigenvalue weighted by atomic mass is 127. The maximum Gasteiger partial charge on any atom is 0.132 e. The molecule has 1 saturated heterocycles. The third kappa shape index (κ3) is 5.24. The predicted molar refractivity (Wildman–Crippen MR) is 165 cm³/mol. The minimum absolute atomic E-state index is 0.315. The van der Waals surface area contributed by atoms with Crippen LogP contribution < -0.4 is 9.80 Å². The molecule has 2 fully saturated rings. The molecule has 2 aromatic heterocycles. The molecule has 3 aliphatic rings. The van der Waals surface area contributed by atoms with Gasteiger partial charge in [-0.15, -0.1) is 0 Å². The summed E-state index contributed by atoms with van der Waals surface area (Å²) in [6.07, 6.45) is 7.63. The Bertz CT molecular complexity index is 1280. The molecule has 1 unspecified atom stereocenters. The van der Waals surface area contributed by atoms with Crippen molar-refractivity contribution in [2.75, 3.05) is 43.0 Å². The molecule has 4 heterocycles. The number of hydrogen-bond acceptors (Lipinski definition) is 4. The van der Waals surface area contributed by atoms with E-state index in [-0.39, 0.29) is 20.7 Å². The number of likely N-dealkylation sites (N-methyl/N-ethyl adjacent to an activating group) is 1. The van der Waals surface area contributed by atoms with E-state index < -0.39 is 0 Å². The maximum absolute atomic E-state index is 5.12. The molecule has 0 N–H and O–H groups in total. The molecule has 3 aromatic rings. The van der Waals surface area contributed by atoms with Crippen LogP contribution in [0.2, 0.25) is 0 Å². The van der Waals surface area contributed by atoms with Crippen molar-refractivity contribution in [1.29, 1.82) is 0 Å². The lowest BCUT2D eigenvalue weighted by Gasteiger charge is -2.38. The molecule has 0 bridgehead atoms. The van der Waals surface area contributed by atoms with Gasteiger partial charge in [-0.1, -0.05) is 43.8 Å². The molecule has 6 heteroatoms. The van der Waals surface area contributed by atoms with Crippen LogP contribution in [0, 0.1) is 16.5 Å². The summed E-state index contributed by atoms with van der Waals surface area (Å²) in [6.45, 7) is 11.1. The zero-order valence-corrected chi connectivity index (χ0v) is 24.7. The second-order valence-corrected chi connectivity index (χ2v) is 13.3. The number of anilines is 2. The zero-order chi connectivity index (χ0) is 25.5. The first-order chi connectivity index (χ1) is 18.0. The van der Waals surface area contributed by atoms with Crippen LogP contribution in [0.4, 0.5) is 11.5 Å². The van der Waals surface area contributed by atoms with Crippen LogP contribution in [0.1, 0.15) is 43.0 Å². The molecule has 1 saturated carbocycles. The summed E-state index contributed by atoms with van der Waals surface area (Å²) in [7, 11) is 2.22. The van der Waals surface area contributed by atoms with E-state index >= 15 is 0 Å². The number of aromatic nitrogens is 2. The number of benzene rings is 1. The highest BCUT2D eigenvalue weighted by molar-refractivity contribution is 14.2. The Kier molecular flexibility index (Phi) is 7.14. The van der Waals surface area contributed by atoms with Crippen LogP contribution >= 0.6 is 20.7 Å². The van der Waals surface area contributed by atoms with E-state index in [1.807, 2.05) is 0 Å². The van der Waals surface area contributed by atoms with Gasteiger partial charge in [0.05, 0.1) is 3.70 Å². The van der Waals surface area contributed by atoms with Crippen molar-refractivity contribution in [3.05, 3.63) is 63.1 Å². The van der Waals surface area contributed by atoms with E-state index in [1.54, 1.807) is 0 Å². The molecule has 0 radical (unpaired) electrons. The Labute approximate surface area is 232 Å². The van der Waals surface area contributed by atoms with Crippen molar-refractivity contribution in [2.45, 2.75) is 58.7 Å². The number of pyridine rings is 1. The van der Waals surface area contributed by atoms with Gasteiger partial charge in [0.25, 0.3) is 0 Å². The summed E-state index contributed by atoms with van der Waals surface area (Å²) in [6, 6.07) is 14.6. The molecule has 37 heavy (non-hydrogen) atoms. The minimum atomic E-state index is -0.315. The molecule has 1 aromatic carbocycles. The number of hydrogen-bond donors (Lipinski definition) is 0. The Morgan fingerprint density at radius 1 is 1.00 bits per heavy atom. The maximum atomic E-state index is 5.12. The first kappa shape index (κ1) is 25.1. The second kappa shape index (κ2) is 10.5. The lowest BCUT2D eigenvalue weighted by atomic mass is 9.85. The molecule has 1 atom stereocenters. The van der Waals surface area contributed by atoms with Crippen LogP contribution in [-0.2, 0) is 19.5 Å². The van der Waals surface area contributed by atoms with Crippen LogP contribution in [-0.4, -0.2) is 58.2 Å². The highest BCUT2D eigenvalue weighted by Gasteiger charge is 2.26. The van der Waals surface area contributed by atoms with Gasteiger partial charge in [-0.2, -0.15) is 0 Å². The zero-order valence-electron chi connectivity index (χ0n) is 22.6. The van der Waals surface area contributed by atoms with E-state index in [1.165, 1.54) is 63.1 Å². The van der Waals surface area contributed by atoms with Gasteiger partial charge < -0.3 is 19.3 Å².